The maximum Gasteiger partial charge on any atom is 0.323 e. The van der Waals surface area contributed by atoms with Gasteiger partial charge in [-0.05, 0) is 60.2 Å². The Morgan fingerprint density at radius 2 is 1.71 bits per heavy atom. The molecule has 0 bridgehead atoms. The average molecular weight is 492 g/mol. The van der Waals surface area contributed by atoms with Gasteiger partial charge in [-0.25, -0.2) is 0 Å². The maximum absolute atomic E-state index is 13.0. The smallest absolute Gasteiger partial charge is 0.323 e. The molecule has 1 amide bonds. The van der Waals surface area contributed by atoms with Gasteiger partial charge >= 0.3 is 5.97 Å². The number of carbonyl (C=O) groups is 2. The van der Waals surface area contributed by atoms with E-state index in [-0.39, 0.29) is 24.5 Å². The van der Waals surface area contributed by atoms with Crippen LogP contribution in [0.5, 0.6) is 5.75 Å². The van der Waals surface area contributed by atoms with Gasteiger partial charge in [0.2, 0.25) is 5.91 Å². The predicted octanol–water partition coefficient (Wildman–Crippen LogP) is 5.36. The van der Waals surface area contributed by atoms with Gasteiger partial charge in [-0.1, -0.05) is 66.2 Å². The highest BCUT2D eigenvalue weighted by Gasteiger charge is 2.35. The second kappa shape index (κ2) is 11.0. The van der Waals surface area contributed by atoms with Gasteiger partial charge in [-0.15, -0.1) is 0 Å². The summed E-state index contributed by atoms with van der Waals surface area (Å²) < 4.78 is 6.28. The van der Waals surface area contributed by atoms with E-state index in [9.17, 15) is 14.7 Å². The number of carboxylic acid groups (broad SMARTS) is 1. The molecule has 0 unspecified atom stereocenters. The van der Waals surface area contributed by atoms with Gasteiger partial charge in [0.15, 0.2) is 0 Å². The first-order valence-electron chi connectivity index (χ1n) is 11.9. The molecule has 1 heterocycles. The van der Waals surface area contributed by atoms with Gasteiger partial charge < -0.3 is 14.7 Å². The fraction of sp³-hybridized carbons (Fsp3) is 0.310. The first-order valence-corrected chi connectivity index (χ1v) is 12.3. The summed E-state index contributed by atoms with van der Waals surface area (Å²) in [6.07, 6.45) is 3.17. The average Bonchev–Trinajstić information content (AvgIpc) is 3.15. The Morgan fingerprint density at radius 1 is 1.00 bits per heavy atom. The lowest BCUT2D eigenvalue weighted by molar-refractivity contribution is -0.144. The largest absolute Gasteiger partial charge is 0.487 e. The molecular weight excluding hydrogens is 462 g/mol. The molecule has 1 aliphatic heterocycles. The molecule has 0 saturated carbocycles. The van der Waals surface area contributed by atoms with Crippen molar-refractivity contribution >= 4 is 23.5 Å². The summed E-state index contributed by atoms with van der Waals surface area (Å²) in [6.45, 7) is 2.21. The number of hydrogen-bond acceptors (Lipinski definition) is 3. The zero-order valence-corrected chi connectivity index (χ0v) is 20.6. The van der Waals surface area contributed by atoms with E-state index in [4.69, 9.17) is 16.3 Å². The number of carboxylic acids is 1. The summed E-state index contributed by atoms with van der Waals surface area (Å²) in [5.74, 6) is -0.343. The number of carbonyl (C=O) groups excluding carboxylic acids is 1. The van der Waals surface area contributed by atoms with Crippen LogP contribution < -0.4 is 4.74 Å². The number of hydrogen-bond donors (Lipinski definition) is 1. The fourth-order valence-corrected chi connectivity index (χ4v) is 4.80. The number of ether oxygens (including phenoxy) is 1. The summed E-state index contributed by atoms with van der Waals surface area (Å²) in [6, 6.07) is 23.6. The molecule has 1 aliphatic rings. The van der Waals surface area contributed by atoms with E-state index >= 15 is 0 Å². The van der Waals surface area contributed by atoms with E-state index in [1.165, 1.54) is 10.5 Å². The molecular formula is C29H30ClNO4. The minimum atomic E-state index is -1.00. The third kappa shape index (κ3) is 6.86. The number of benzene rings is 3. The second-order valence-corrected chi connectivity index (χ2v) is 9.89. The van der Waals surface area contributed by atoms with E-state index in [0.717, 1.165) is 41.7 Å². The highest BCUT2D eigenvalue weighted by atomic mass is 35.5. The van der Waals surface area contributed by atoms with Crippen LogP contribution in [0.2, 0.25) is 5.02 Å². The van der Waals surface area contributed by atoms with Gasteiger partial charge in [0.25, 0.3) is 0 Å². The van der Waals surface area contributed by atoms with Crippen LogP contribution >= 0.6 is 11.6 Å². The lowest BCUT2D eigenvalue weighted by atomic mass is 9.91. The number of rotatable bonds is 10. The monoisotopic (exact) mass is 491 g/mol. The lowest BCUT2D eigenvalue weighted by Gasteiger charge is -2.24. The zero-order valence-electron chi connectivity index (χ0n) is 19.9. The second-order valence-electron chi connectivity index (χ2n) is 9.45. The molecule has 1 N–H and O–H groups in total. The lowest BCUT2D eigenvalue weighted by Crippen LogP contribution is -2.37. The fourth-order valence-electron chi connectivity index (χ4n) is 4.68. The number of amides is 1. The van der Waals surface area contributed by atoms with Crippen molar-refractivity contribution in [3.05, 3.63) is 100 Å². The van der Waals surface area contributed by atoms with Crippen LogP contribution in [0.3, 0.4) is 0 Å². The molecule has 0 saturated heterocycles. The van der Waals surface area contributed by atoms with Crippen molar-refractivity contribution in [1.29, 1.82) is 0 Å². The Labute approximate surface area is 211 Å². The van der Waals surface area contributed by atoms with Crippen molar-refractivity contribution in [3.8, 4) is 5.75 Å². The van der Waals surface area contributed by atoms with Gasteiger partial charge in [-0.3, -0.25) is 9.59 Å². The molecule has 182 valence electrons. The highest BCUT2D eigenvalue weighted by Crippen LogP contribution is 2.37. The summed E-state index contributed by atoms with van der Waals surface area (Å²) in [5, 5.41) is 10.0. The Hall–Kier alpha value is -3.31. The maximum atomic E-state index is 13.0. The minimum absolute atomic E-state index is 0.166. The van der Waals surface area contributed by atoms with Gasteiger partial charge in [-0.2, -0.15) is 0 Å². The summed E-state index contributed by atoms with van der Waals surface area (Å²) in [7, 11) is 0. The Morgan fingerprint density at radius 3 is 2.43 bits per heavy atom. The molecule has 4 rings (SSSR count). The first-order chi connectivity index (χ1) is 16.8. The number of fused-ring (bicyclic) bond motifs is 1. The third-order valence-electron chi connectivity index (χ3n) is 6.31. The van der Waals surface area contributed by atoms with Crippen LogP contribution in [-0.2, 0) is 35.3 Å². The molecule has 0 fully saturated rings. The molecule has 35 heavy (non-hydrogen) atoms. The van der Waals surface area contributed by atoms with Crippen molar-refractivity contribution in [2.75, 3.05) is 13.1 Å². The van der Waals surface area contributed by atoms with Crippen LogP contribution in [0, 0.1) is 0 Å². The van der Waals surface area contributed by atoms with E-state index in [2.05, 4.69) is 6.92 Å². The summed E-state index contributed by atoms with van der Waals surface area (Å²) in [5.41, 5.74) is 3.90. The standard InChI is InChI=1S/C29H30ClNO4/c1-29(18-22-9-12-25(30)13-10-22)19-24-16-23(11-14-26(24)35-29)17-27(32)31(20-28(33)34)15-5-8-21-6-3-2-4-7-21/h2-4,6-7,9-14,16H,5,8,15,17-20H2,1H3,(H,33,34)/t29-/m0/s1. The molecule has 6 heteroatoms. The topological polar surface area (TPSA) is 66.8 Å². The number of halogens is 1. The number of aryl methyl sites for hydroxylation is 1. The van der Waals surface area contributed by atoms with Gasteiger partial charge in [0.1, 0.15) is 17.9 Å². The van der Waals surface area contributed by atoms with Crippen LogP contribution in [0.4, 0.5) is 0 Å². The molecule has 1 atom stereocenters. The van der Waals surface area contributed by atoms with E-state index in [1.807, 2.05) is 72.8 Å². The van der Waals surface area contributed by atoms with E-state index in [0.29, 0.717) is 18.0 Å². The molecule has 5 nitrogen and oxygen atoms in total. The molecule has 3 aromatic carbocycles. The van der Waals surface area contributed by atoms with Crippen LogP contribution in [0.25, 0.3) is 0 Å². The van der Waals surface area contributed by atoms with E-state index in [1.54, 1.807) is 0 Å². The van der Waals surface area contributed by atoms with Crippen LogP contribution in [0.15, 0.2) is 72.8 Å². The first kappa shape index (κ1) is 24.8. The molecule has 0 radical (unpaired) electrons. The van der Waals surface area contributed by atoms with Crippen molar-refractivity contribution in [1.82, 2.24) is 4.90 Å². The van der Waals surface area contributed by atoms with Crippen molar-refractivity contribution < 1.29 is 19.4 Å². The molecule has 3 aromatic rings. The molecule has 0 aliphatic carbocycles. The highest BCUT2D eigenvalue weighted by molar-refractivity contribution is 6.30. The van der Waals surface area contributed by atoms with Crippen molar-refractivity contribution in [2.45, 2.75) is 44.6 Å². The van der Waals surface area contributed by atoms with Gasteiger partial charge in [0.05, 0.1) is 6.42 Å². The third-order valence-corrected chi connectivity index (χ3v) is 6.56. The Kier molecular flexibility index (Phi) is 7.76. The Bertz CT molecular complexity index is 1180. The number of nitrogens with zero attached hydrogens (tertiary/aromatic N) is 1. The summed E-state index contributed by atoms with van der Waals surface area (Å²) >= 11 is 6.01. The number of aliphatic carboxylic acids is 1. The minimum Gasteiger partial charge on any atom is -0.487 e. The van der Waals surface area contributed by atoms with Crippen LogP contribution in [0.1, 0.15) is 35.6 Å². The SMILES string of the molecule is C[C@]1(Cc2ccc(Cl)cc2)Cc2cc(CC(=O)N(CCCc3ccccc3)CC(=O)O)ccc2O1. The summed E-state index contributed by atoms with van der Waals surface area (Å²) in [4.78, 5) is 25.8. The van der Waals surface area contributed by atoms with Gasteiger partial charge in [0, 0.05) is 24.4 Å². The van der Waals surface area contributed by atoms with Crippen molar-refractivity contribution in [2.24, 2.45) is 0 Å². The van der Waals surface area contributed by atoms with Crippen molar-refractivity contribution in [3.63, 3.8) is 0 Å². The Balaban J connectivity index is 1.37. The quantitative estimate of drug-likeness (QED) is 0.414. The molecule has 0 aromatic heterocycles. The van der Waals surface area contributed by atoms with E-state index < -0.39 is 5.97 Å². The molecule has 0 spiro atoms. The van der Waals surface area contributed by atoms with Crippen LogP contribution in [-0.4, -0.2) is 40.6 Å². The zero-order chi connectivity index (χ0) is 24.8. The predicted molar refractivity (Wildman–Crippen MR) is 137 cm³/mol. The normalized spacial score (nSPS) is 16.4.